The van der Waals surface area contributed by atoms with E-state index < -0.39 is 38.1 Å². The highest BCUT2D eigenvalue weighted by Crippen LogP contribution is 2.32. The molecule has 2 aromatic rings. The molecule has 2 aromatic carbocycles. The van der Waals surface area contributed by atoms with E-state index in [0.717, 1.165) is 37.1 Å². The quantitative estimate of drug-likeness (QED) is 0.441. The zero-order valence-electron chi connectivity index (χ0n) is 16.4. The second-order valence-electron chi connectivity index (χ2n) is 6.76. The molecule has 0 bridgehead atoms. The van der Waals surface area contributed by atoms with Crippen LogP contribution >= 0.6 is 11.6 Å². The molecule has 0 radical (unpaired) electrons. The topological polar surface area (TPSA) is 162 Å². The molecule has 0 unspecified atom stereocenters. The van der Waals surface area contributed by atoms with Crippen LogP contribution in [0.3, 0.4) is 0 Å². The summed E-state index contributed by atoms with van der Waals surface area (Å²) in [4.78, 5) is 32.6. The van der Waals surface area contributed by atoms with Crippen molar-refractivity contribution in [1.82, 2.24) is 4.31 Å². The van der Waals surface area contributed by atoms with Crippen LogP contribution in [0, 0.1) is 20.2 Å². The van der Waals surface area contributed by atoms with Crippen LogP contribution in [0.25, 0.3) is 0 Å². The second kappa shape index (κ2) is 9.46. The summed E-state index contributed by atoms with van der Waals surface area (Å²) in [5, 5.41) is 24.5. The van der Waals surface area contributed by atoms with Crippen molar-refractivity contribution in [1.29, 1.82) is 0 Å². The predicted octanol–water partition coefficient (Wildman–Crippen LogP) is 2.96. The van der Waals surface area contributed by atoms with Crippen LogP contribution in [0.1, 0.15) is 12.8 Å². The van der Waals surface area contributed by atoms with Crippen molar-refractivity contribution in [3.8, 4) is 5.75 Å². The number of carbonyl (C=O) groups is 1. The molecule has 3 rings (SSSR count). The number of anilines is 1. The summed E-state index contributed by atoms with van der Waals surface area (Å²) in [6, 6.07) is 6.64. The molecule has 1 heterocycles. The van der Waals surface area contributed by atoms with Gasteiger partial charge in [0.15, 0.2) is 12.4 Å². The van der Waals surface area contributed by atoms with Gasteiger partial charge in [0.05, 0.1) is 25.5 Å². The fraction of sp³-hybridized carbons (Fsp3) is 0.278. The summed E-state index contributed by atoms with van der Waals surface area (Å²) in [5.74, 6) is -1.02. The fourth-order valence-electron chi connectivity index (χ4n) is 3.05. The number of hydrogen-bond donors (Lipinski definition) is 1. The van der Waals surface area contributed by atoms with E-state index in [9.17, 15) is 33.4 Å². The average molecular weight is 485 g/mol. The van der Waals surface area contributed by atoms with Crippen molar-refractivity contribution >= 4 is 44.6 Å². The smallest absolute Gasteiger partial charge is 0.312 e. The fourth-order valence-corrected chi connectivity index (χ4v) is 4.81. The Morgan fingerprint density at radius 2 is 1.78 bits per heavy atom. The summed E-state index contributed by atoms with van der Waals surface area (Å²) in [6.07, 6.45) is 1.44. The first-order valence-corrected chi connectivity index (χ1v) is 11.1. The van der Waals surface area contributed by atoms with Crippen LogP contribution in [0.4, 0.5) is 17.1 Å². The SMILES string of the molecule is O=C(COc1ccc(S(=O)(=O)N2CCCC2)cc1[N+](=O)[O-])Nc1ccc([N+](=O)[O-])cc1Cl. The van der Waals surface area contributed by atoms with Crippen LogP contribution in [0.2, 0.25) is 5.02 Å². The predicted molar refractivity (Wildman–Crippen MR) is 113 cm³/mol. The molecule has 0 saturated carbocycles. The molecule has 170 valence electrons. The number of nitro groups is 2. The number of nitrogens with zero attached hydrogens (tertiary/aromatic N) is 3. The largest absolute Gasteiger partial charge is 0.477 e. The molecule has 32 heavy (non-hydrogen) atoms. The van der Waals surface area contributed by atoms with Gasteiger partial charge in [-0.25, -0.2) is 8.42 Å². The van der Waals surface area contributed by atoms with E-state index in [1.807, 2.05) is 0 Å². The summed E-state index contributed by atoms with van der Waals surface area (Å²) in [7, 11) is -3.87. The molecular formula is C18H17ClN4O8S. The van der Waals surface area contributed by atoms with Crippen LogP contribution < -0.4 is 10.1 Å². The standard InChI is InChI=1S/C18H17ClN4O8S/c19-14-9-12(22(25)26)3-5-15(14)20-18(24)11-31-17-6-4-13(10-16(17)23(27)28)32(29,30)21-7-1-2-8-21/h3-6,9-10H,1-2,7-8,11H2,(H,20,24). The molecular weight excluding hydrogens is 468 g/mol. The van der Waals surface area contributed by atoms with Crippen molar-refractivity contribution in [3.63, 3.8) is 0 Å². The molecule has 14 heteroatoms. The lowest BCUT2D eigenvalue weighted by Crippen LogP contribution is -2.28. The lowest BCUT2D eigenvalue weighted by atomic mass is 10.3. The Bertz CT molecular complexity index is 1180. The molecule has 0 aromatic heterocycles. The number of rotatable bonds is 8. The molecule has 0 aliphatic carbocycles. The maximum atomic E-state index is 12.6. The maximum absolute atomic E-state index is 12.6. The number of benzene rings is 2. The zero-order valence-corrected chi connectivity index (χ0v) is 18.0. The van der Waals surface area contributed by atoms with Crippen molar-refractivity contribution < 1.29 is 27.8 Å². The molecule has 1 fully saturated rings. The molecule has 1 saturated heterocycles. The van der Waals surface area contributed by atoms with Crippen molar-refractivity contribution in [2.75, 3.05) is 25.0 Å². The van der Waals surface area contributed by atoms with Crippen molar-refractivity contribution in [2.24, 2.45) is 0 Å². The normalized spacial score (nSPS) is 14.2. The molecule has 1 aliphatic heterocycles. The lowest BCUT2D eigenvalue weighted by molar-refractivity contribution is -0.386. The first-order valence-electron chi connectivity index (χ1n) is 9.25. The van der Waals surface area contributed by atoms with Gasteiger partial charge in [0.25, 0.3) is 11.6 Å². The number of amides is 1. The Morgan fingerprint density at radius 3 is 2.38 bits per heavy atom. The highest BCUT2D eigenvalue weighted by Gasteiger charge is 2.30. The van der Waals surface area contributed by atoms with Gasteiger partial charge in [-0.2, -0.15) is 4.31 Å². The average Bonchev–Trinajstić information content (AvgIpc) is 3.29. The Hall–Kier alpha value is -3.29. The van der Waals surface area contributed by atoms with Gasteiger partial charge >= 0.3 is 5.69 Å². The van der Waals surface area contributed by atoms with Crippen LogP contribution in [0.5, 0.6) is 5.75 Å². The molecule has 1 aliphatic rings. The van der Waals surface area contributed by atoms with Gasteiger partial charge in [-0.15, -0.1) is 0 Å². The van der Waals surface area contributed by atoms with Gasteiger partial charge in [-0.05, 0) is 31.0 Å². The van der Waals surface area contributed by atoms with E-state index in [0.29, 0.717) is 13.1 Å². The monoisotopic (exact) mass is 484 g/mol. The van der Waals surface area contributed by atoms with Crippen LogP contribution in [-0.4, -0.2) is 48.2 Å². The lowest BCUT2D eigenvalue weighted by Gasteiger charge is -2.16. The van der Waals surface area contributed by atoms with Gasteiger partial charge in [-0.1, -0.05) is 11.6 Å². The number of nitrogens with one attached hydrogen (secondary N) is 1. The second-order valence-corrected chi connectivity index (χ2v) is 9.10. The minimum atomic E-state index is -3.87. The Morgan fingerprint density at radius 1 is 1.09 bits per heavy atom. The number of sulfonamides is 1. The summed E-state index contributed by atoms with van der Waals surface area (Å²) < 4.78 is 31.7. The van der Waals surface area contributed by atoms with E-state index in [2.05, 4.69) is 5.32 Å². The molecule has 0 spiro atoms. The minimum absolute atomic E-state index is 0.0741. The highest BCUT2D eigenvalue weighted by molar-refractivity contribution is 7.89. The number of hydrogen-bond acceptors (Lipinski definition) is 8. The van der Waals surface area contributed by atoms with Gasteiger partial charge in [0.2, 0.25) is 10.0 Å². The van der Waals surface area contributed by atoms with Gasteiger partial charge in [0.1, 0.15) is 0 Å². The van der Waals surface area contributed by atoms with E-state index in [4.69, 9.17) is 16.3 Å². The zero-order chi connectivity index (χ0) is 23.5. The third-order valence-electron chi connectivity index (χ3n) is 4.63. The first-order chi connectivity index (χ1) is 15.1. The maximum Gasteiger partial charge on any atom is 0.312 e. The van der Waals surface area contributed by atoms with E-state index in [1.165, 1.54) is 16.4 Å². The minimum Gasteiger partial charge on any atom is -0.477 e. The summed E-state index contributed by atoms with van der Waals surface area (Å²) in [5.41, 5.74) is -0.775. The van der Waals surface area contributed by atoms with E-state index in [-0.39, 0.29) is 27.0 Å². The third kappa shape index (κ3) is 5.12. The van der Waals surface area contributed by atoms with Gasteiger partial charge in [-0.3, -0.25) is 25.0 Å². The van der Waals surface area contributed by atoms with Crippen molar-refractivity contribution in [3.05, 3.63) is 61.6 Å². The third-order valence-corrected chi connectivity index (χ3v) is 6.83. The number of carbonyl (C=O) groups excluding carboxylic acids is 1. The number of nitro benzene ring substituents is 2. The molecule has 0 atom stereocenters. The first kappa shape index (κ1) is 23.4. The van der Waals surface area contributed by atoms with Gasteiger partial charge < -0.3 is 10.1 Å². The Kier molecular flexibility index (Phi) is 6.91. The van der Waals surface area contributed by atoms with Crippen LogP contribution in [0.15, 0.2) is 41.3 Å². The molecule has 1 amide bonds. The van der Waals surface area contributed by atoms with Crippen molar-refractivity contribution in [2.45, 2.75) is 17.7 Å². The highest BCUT2D eigenvalue weighted by atomic mass is 35.5. The number of non-ortho nitro benzene ring substituents is 1. The van der Waals surface area contributed by atoms with E-state index in [1.54, 1.807) is 0 Å². The Labute approximate surface area is 187 Å². The molecule has 1 N–H and O–H groups in total. The van der Waals surface area contributed by atoms with Gasteiger partial charge in [0, 0.05) is 31.3 Å². The number of halogens is 1. The van der Waals surface area contributed by atoms with E-state index >= 15 is 0 Å². The van der Waals surface area contributed by atoms with Crippen LogP contribution in [-0.2, 0) is 14.8 Å². The molecule has 12 nitrogen and oxygen atoms in total. The Balaban J connectivity index is 1.72. The summed E-state index contributed by atoms with van der Waals surface area (Å²) >= 11 is 5.91. The number of ether oxygens (including phenoxy) is 1. The summed E-state index contributed by atoms with van der Waals surface area (Å²) in [6.45, 7) is 0.0475.